The Morgan fingerprint density at radius 2 is 1.86 bits per heavy atom. The normalized spacial score (nSPS) is 17.5. The van der Waals surface area contributed by atoms with Crippen LogP contribution < -0.4 is 15.5 Å². The fourth-order valence-electron chi connectivity index (χ4n) is 5.02. The van der Waals surface area contributed by atoms with E-state index < -0.39 is 12.5 Å². The maximum atomic E-state index is 14.1. The number of nitrogens with one attached hydrogen (secondary N) is 1. The number of nitrogens with zero attached hydrogens (tertiary/aromatic N) is 4. The van der Waals surface area contributed by atoms with E-state index in [1.807, 2.05) is 19.2 Å². The number of aryl methyl sites for hydroxylation is 1. The highest BCUT2D eigenvalue weighted by Crippen LogP contribution is 2.43. The number of ether oxygens (including phenoxy) is 1. The van der Waals surface area contributed by atoms with Crippen LogP contribution in [0.4, 0.5) is 14.6 Å². The van der Waals surface area contributed by atoms with Crippen LogP contribution in [0.2, 0.25) is 0 Å². The first-order valence-electron chi connectivity index (χ1n) is 12.5. The van der Waals surface area contributed by atoms with E-state index >= 15 is 0 Å². The Kier molecular flexibility index (Phi) is 6.47. The molecule has 37 heavy (non-hydrogen) atoms. The number of alkyl halides is 2. The van der Waals surface area contributed by atoms with Crippen molar-refractivity contribution in [3.8, 4) is 5.75 Å². The summed E-state index contributed by atoms with van der Waals surface area (Å²) in [5, 5.41) is 4.27. The van der Waals surface area contributed by atoms with Crippen LogP contribution in [0.25, 0.3) is 10.9 Å². The molecule has 1 N–H and O–H groups in total. The number of aromatic nitrogens is 3. The number of hydrogen-bond acceptors (Lipinski definition) is 6. The summed E-state index contributed by atoms with van der Waals surface area (Å²) in [6.45, 7) is 4.64. The molecule has 4 heterocycles. The van der Waals surface area contributed by atoms with E-state index in [-0.39, 0.29) is 19.2 Å². The Labute approximate surface area is 215 Å². The smallest absolute Gasteiger partial charge is 0.310 e. The summed E-state index contributed by atoms with van der Waals surface area (Å²) in [7, 11) is -0.369. The Hall–Kier alpha value is -3.22. The number of benzene rings is 2. The molecular formula is C28H28F2N5OP. The molecule has 1 fully saturated rings. The quantitative estimate of drug-likeness (QED) is 0.360. The van der Waals surface area contributed by atoms with Gasteiger partial charge in [0.15, 0.2) is 6.61 Å². The van der Waals surface area contributed by atoms with Crippen LogP contribution in [-0.2, 0) is 19.0 Å². The molecule has 0 amide bonds. The van der Waals surface area contributed by atoms with Gasteiger partial charge in [-0.15, -0.1) is 0 Å². The molecule has 0 bridgehead atoms. The molecular weight excluding hydrogens is 491 g/mol. The lowest BCUT2D eigenvalue weighted by Gasteiger charge is -2.32. The van der Waals surface area contributed by atoms with Crippen molar-refractivity contribution in [2.24, 2.45) is 0 Å². The lowest BCUT2D eigenvalue weighted by atomic mass is 10.1. The highest BCUT2D eigenvalue weighted by molar-refractivity contribution is 7.65. The summed E-state index contributed by atoms with van der Waals surface area (Å²) in [5.41, 5.74) is 3.87. The van der Waals surface area contributed by atoms with Gasteiger partial charge in [0.25, 0.3) is 0 Å². The van der Waals surface area contributed by atoms with Gasteiger partial charge in [0.2, 0.25) is 0 Å². The SMILES string of the molecule is Cc1nc(NCc2cccc3c2OCC3(F)F)c2cc(P3CCN(Cc4ccccc4)CC3)ncc2n1. The predicted molar refractivity (Wildman–Crippen MR) is 143 cm³/mol. The second kappa shape index (κ2) is 9.92. The minimum atomic E-state index is -2.96. The third kappa shape index (κ3) is 5.00. The maximum absolute atomic E-state index is 14.1. The molecule has 0 saturated carbocycles. The van der Waals surface area contributed by atoms with Crippen molar-refractivity contribution in [2.75, 3.05) is 37.3 Å². The Morgan fingerprint density at radius 3 is 2.68 bits per heavy atom. The second-order valence-corrected chi connectivity index (χ2v) is 12.0. The summed E-state index contributed by atoms with van der Waals surface area (Å²) in [6.07, 6.45) is 4.06. The van der Waals surface area contributed by atoms with Crippen molar-refractivity contribution in [3.63, 3.8) is 0 Å². The van der Waals surface area contributed by atoms with Gasteiger partial charge in [-0.05, 0) is 36.9 Å². The van der Waals surface area contributed by atoms with Crippen LogP contribution in [0.5, 0.6) is 5.75 Å². The van der Waals surface area contributed by atoms with Crippen molar-refractivity contribution < 1.29 is 13.5 Å². The monoisotopic (exact) mass is 519 g/mol. The number of rotatable bonds is 6. The van der Waals surface area contributed by atoms with E-state index in [9.17, 15) is 8.78 Å². The van der Waals surface area contributed by atoms with E-state index in [4.69, 9.17) is 9.72 Å². The van der Waals surface area contributed by atoms with Crippen LogP contribution >= 0.6 is 7.92 Å². The molecule has 0 spiro atoms. The summed E-state index contributed by atoms with van der Waals surface area (Å²) in [5.74, 6) is -1.37. The second-order valence-electron chi connectivity index (χ2n) is 9.57. The van der Waals surface area contributed by atoms with Crippen molar-refractivity contribution in [1.82, 2.24) is 19.9 Å². The summed E-state index contributed by atoms with van der Waals surface area (Å²) in [6, 6.07) is 17.6. The van der Waals surface area contributed by atoms with Crippen LogP contribution in [0.1, 0.15) is 22.5 Å². The molecule has 190 valence electrons. The van der Waals surface area contributed by atoms with E-state index in [0.29, 0.717) is 23.8 Å². The number of anilines is 1. The molecule has 6 rings (SSSR count). The summed E-state index contributed by atoms with van der Waals surface area (Å²) < 4.78 is 33.6. The zero-order valence-electron chi connectivity index (χ0n) is 20.6. The molecule has 1 saturated heterocycles. The molecule has 9 heteroatoms. The van der Waals surface area contributed by atoms with Crippen LogP contribution in [0.15, 0.2) is 60.8 Å². The Morgan fingerprint density at radius 1 is 1.05 bits per heavy atom. The van der Waals surface area contributed by atoms with Gasteiger partial charge in [-0.2, -0.15) is 8.78 Å². The predicted octanol–water partition coefficient (Wildman–Crippen LogP) is 5.05. The standard InChI is InChI=1S/C28H28F2N5OP/c1-19-33-24-16-31-25(37-12-10-35(11-13-37)17-20-6-3-2-4-7-20)14-22(24)27(34-19)32-15-21-8-5-9-23-26(21)36-18-28(23,29)30/h2-9,14,16H,10-13,15,17-18H2,1H3,(H,32,33,34). The fourth-order valence-corrected chi connectivity index (χ4v) is 7.29. The molecule has 0 unspecified atom stereocenters. The maximum Gasteiger partial charge on any atom is 0.310 e. The Bertz CT molecular complexity index is 1430. The average Bonchev–Trinajstić information content (AvgIpc) is 3.23. The van der Waals surface area contributed by atoms with Gasteiger partial charge in [-0.25, -0.2) is 9.97 Å². The third-order valence-corrected chi connectivity index (χ3v) is 9.33. The largest absolute Gasteiger partial charge is 0.486 e. The van der Waals surface area contributed by atoms with Crippen LogP contribution in [0.3, 0.4) is 0 Å². The van der Waals surface area contributed by atoms with E-state index in [1.54, 1.807) is 6.07 Å². The first-order valence-corrected chi connectivity index (χ1v) is 14.2. The van der Waals surface area contributed by atoms with Crippen molar-refractivity contribution >= 4 is 30.1 Å². The first kappa shape index (κ1) is 24.1. The van der Waals surface area contributed by atoms with Gasteiger partial charge >= 0.3 is 5.92 Å². The van der Waals surface area contributed by atoms with E-state index in [2.05, 4.69) is 56.6 Å². The number of para-hydroxylation sites is 1. The van der Waals surface area contributed by atoms with Gasteiger partial charge in [0, 0.05) is 37.1 Å². The minimum Gasteiger partial charge on any atom is -0.486 e. The summed E-state index contributed by atoms with van der Waals surface area (Å²) >= 11 is 0. The molecule has 0 radical (unpaired) electrons. The van der Waals surface area contributed by atoms with Crippen molar-refractivity contribution in [2.45, 2.75) is 25.9 Å². The first-order chi connectivity index (χ1) is 18.0. The van der Waals surface area contributed by atoms with Gasteiger partial charge in [0.05, 0.1) is 22.7 Å². The van der Waals surface area contributed by atoms with Crippen molar-refractivity contribution in [3.05, 3.63) is 83.3 Å². The van der Waals surface area contributed by atoms with Gasteiger partial charge in [-0.3, -0.25) is 9.88 Å². The topological polar surface area (TPSA) is 63.2 Å². The number of halogens is 2. The van der Waals surface area contributed by atoms with Crippen LogP contribution in [-0.4, -0.2) is 51.9 Å². The minimum absolute atomic E-state index is 0.0524. The van der Waals surface area contributed by atoms with Gasteiger partial charge in [0.1, 0.15) is 17.4 Å². The molecule has 6 nitrogen and oxygen atoms in total. The molecule has 0 atom stereocenters. The molecule has 2 aliphatic heterocycles. The lowest BCUT2D eigenvalue weighted by molar-refractivity contribution is -0.0214. The molecule has 0 aliphatic carbocycles. The molecule has 2 aliphatic rings. The summed E-state index contributed by atoms with van der Waals surface area (Å²) in [4.78, 5) is 16.5. The Balaban J connectivity index is 1.20. The molecule has 2 aromatic heterocycles. The zero-order chi connectivity index (χ0) is 25.4. The highest BCUT2D eigenvalue weighted by Gasteiger charge is 2.42. The average molecular weight is 520 g/mol. The fraction of sp³-hybridized carbons (Fsp3) is 0.321. The third-order valence-electron chi connectivity index (χ3n) is 6.96. The molecule has 2 aromatic carbocycles. The van der Waals surface area contributed by atoms with Crippen LogP contribution in [0, 0.1) is 6.92 Å². The van der Waals surface area contributed by atoms with Gasteiger partial charge in [-0.1, -0.05) is 50.4 Å². The van der Waals surface area contributed by atoms with E-state index in [0.717, 1.165) is 48.3 Å². The van der Waals surface area contributed by atoms with Crippen molar-refractivity contribution in [1.29, 1.82) is 0 Å². The zero-order valence-corrected chi connectivity index (χ0v) is 21.5. The number of fused-ring (bicyclic) bond motifs is 2. The number of pyridine rings is 1. The lowest BCUT2D eigenvalue weighted by Crippen LogP contribution is -2.35. The highest BCUT2D eigenvalue weighted by atomic mass is 31.1. The molecule has 4 aromatic rings. The van der Waals surface area contributed by atoms with Gasteiger partial charge < -0.3 is 10.1 Å². The number of hydrogen-bond donors (Lipinski definition) is 1. The van der Waals surface area contributed by atoms with E-state index in [1.165, 1.54) is 11.6 Å².